The largest absolute Gasteiger partial charge is 0.463 e. The van der Waals surface area contributed by atoms with Crippen molar-refractivity contribution in [2.24, 2.45) is 5.73 Å². The van der Waals surface area contributed by atoms with E-state index in [-0.39, 0.29) is 0 Å². The number of nitrogens with zero attached hydrogens (tertiary/aromatic N) is 1. The first-order chi connectivity index (χ1) is 10.8. The highest BCUT2D eigenvalue weighted by Gasteiger charge is 2.64. The van der Waals surface area contributed by atoms with E-state index in [4.69, 9.17) is 5.73 Å². The van der Waals surface area contributed by atoms with E-state index in [0.29, 0.717) is 19.1 Å². The fourth-order valence-corrected chi connectivity index (χ4v) is 2.72. The van der Waals surface area contributed by atoms with Crippen molar-refractivity contribution in [2.75, 3.05) is 0 Å². The number of hydrogen-bond acceptors (Lipinski definition) is 4. The maximum absolute atomic E-state index is 15.2. The molecule has 1 heterocycles. The molecule has 2 rings (SSSR count). The summed E-state index contributed by atoms with van der Waals surface area (Å²) in [6, 6.07) is 2.21. The number of allylic oxidation sites excluding steroid dienone is 1. The Kier molecular flexibility index (Phi) is 3.98. The Labute approximate surface area is 133 Å². The Morgan fingerprint density at radius 1 is 1.33 bits per heavy atom. The predicted molar refractivity (Wildman–Crippen MR) is 73.1 cm³/mol. The summed E-state index contributed by atoms with van der Waals surface area (Å²) in [5.74, 6) is -1.85. The maximum Gasteiger partial charge on any atom is 0.428 e. The minimum Gasteiger partial charge on any atom is -0.463 e. The van der Waals surface area contributed by atoms with Gasteiger partial charge >= 0.3 is 6.18 Å². The standard InChI is InChI=1S/C14H13F5N2O3/c1-12(8-5-7(21(22)23)3-4-9(8)15)6-10(20)24-11(13(12,2)16)14(17,18)19/h3-6,11H,20H2,1-2H3/t11-,12-,13+/m1/s1. The zero-order chi connectivity index (χ0) is 18.5. The highest BCUT2D eigenvalue weighted by atomic mass is 19.4. The van der Waals surface area contributed by atoms with Crippen LogP contribution in [0.3, 0.4) is 0 Å². The number of non-ortho nitro benzene ring substituents is 1. The van der Waals surface area contributed by atoms with E-state index in [1.165, 1.54) is 0 Å². The molecule has 0 aliphatic carbocycles. The zero-order valence-electron chi connectivity index (χ0n) is 12.5. The first-order valence-corrected chi connectivity index (χ1v) is 6.65. The zero-order valence-corrected chi connectivity index (χ0v) is 12.5. The Bertz CT molecular complexity index is 717. The summed E-state index contributed by atoms with van der Waals surface area (Å²) in [4.78, 5) is 9.98. The van der Waals surface area contributed by atoms with Crippen LogP contribution in [-0.2, 0) is 10.2 Å². The van der Waals surface area contributed by atoms with Crippen molar-refractivity contribution in [2.45, 2.75) is 37.2 Å². The van der Waals surface area contributed by atoms with Crippen molar-refractivity contribution in [1.82, 2.24) is 0 Å². The summed E-state index contributed by atoms with van der Waals surface area (Å²) in [5, 5.41) is 10.8. The summed E-state index contributed by atoms with van der Waals surface area (Å²) < 4.78 is 73.1. The molecule has 1 aromatic rings. The first-order valence-electron chi connectivity index (χ1n) is 6.65. The molecule has 3 atom stereocenters. The molecule has 1 aromatic carbocycles. The van der Waals surface area contributed by atoms with E-state index >= 15 is 4.39 Å². The summed E-state index contributed by atoms with van der Waals surface area (Å²) in [6.07, 6.45) is -7.29. The molecule has 0 radical (unpaired) electrons. The van der Waals surface area contributed by atoms with Crippen molar-refractivity contribution in [3.05, 3.63) is 51.7 Å². The van der Waals surface area contributed by atoms with Gasteiger partial charge in [-0.2, -0.15) is 13.2 Å². The van der Waals surface area contributed by atoms with Crippen LogP contribution >= 0.6 is 0 Å². The Balaban J connectivity index is 2.73. The highest BCUT2D eigenvalue weighted by molar-refractivity contribution is 5.45. The van der Waals surface area contributed by atoms with Crippen LogP contribution < -0.4 is 5.73 Å². The molecule has 0 fully saturated rings. The molecular formula is C14H13F5N2O3. The van der Waals surface area contributed by atoms with Gasteiger partial charge in [-0.1, -0.05) is 0 Å². The van der Waals surface area contributed by atoms with Crippen LogP contribution in [-0.4, -0.2) is 22.9 Å². The summed E-state index contributed by atoms with van der Waals surface area (Å²) in [6.45, 7) is 1.57. The highest BCUT2D eigenvalue weighted by Crippen LogP contribution is 2.51. The number of rotatable bonds is 2. The Hall–Kier alpha value is -2.39. The van der Waals surface area contributed by atoms with Gasteiger partial charge in [-0.05, 0) is 26.0 Å². The van der Waals surface area contributed by atoms with E-state index in [0.717, 1.165) is 19.1 Å². The van der Waals surface area contributed by atoms with Gasteiger partial charge in [-0.25, -0.2) is 8.78 Å². The first kappa shape index (κ1) is 18.0. The number of alkyl halides is 4. The number of nitro groups is 1. The third-order valence-corrected chi connectivity index (χ3v) is 4.21. The van der Waals surface area contributed by atoms with Crippen LogP contribution in [0.2, 0.25) is 0 Å². The van der Waals surface area contributed by atoms with Crippen LogP contribution in [0.25, 0.3) is 0 Å². The number of hydrogen-bond donors (Lipinski definition) is 1. The topological polar surface area (TPSA) is 78.4 Å². The van der Waals surface area contributed by atoms with Crippen molar-refractivity contribution in [1.29, 1.82) is 0 Å². The van der Waals surface area contributed by atoms with Gasteiger partial charge in [-0.3, -0.25) is 10.1 Å². The second-order valence-corrected chi connectivity index (χ2v) is 5.79. The molecule has 2 N–H and O–H groups in total. The molecule has 1 aliphatic heterocycles. The molecule has 0 amide bonds. The molecule has 0 saturated carbocycles. The van der Waals surface area contributed by atoms with E-state index in [2.05, 4.69) is 4.74 Å². The summed E-state index contributed by atoms with van der Waals surface area (Å²) >= 11 is 0. The smallest absolute Gasteiger partial charge is 0.428 e. The SMILES string of the molecule is C[C@]1(F)[C@H](C(F)(F)F)OC(N)=C[C@]1(C)c1cc([N+](=O)[O-])ccc1F. The maximum atomic E-state index is 15.2. The lowest BCUT2D eigenvalue weighted by atomic mass is 9.66. The third kappa shape index (κ3) is 2.65. The van der Waals surface area contributed by atoms with E-state index in [1.807, 2.05) is 0 Å². The van der Waals surface area contributed by atoms with Crippen molar-refractivity contribution < 1.29 is 31.6 Å². The second-order valence-electron chi connectivity index (χ2n) is 5.79. The number of nitro benzene ring substituents is 1. The lowest BCUT2D eigenvalue weighted by molar-refractivity contribution is -0.385. The molecule has 5 nitrogen and oxygen atoms in total. The van der Waals surface area contributed by atoms with Gasteiger partial charge in [0, 0.05) is 17.7 Å². The van der Waals surface area contributed by atoms with Crippen LogP contribution in [0.4, 0.5) is 27.6 Å². The number of nitrogens with two attached hydrogens (primary N) is 1. The molecule has 10 heteroatoms. The average Bonchev–Trinajstić information content (AvgIpc) is 2.42. The molecule has 1 aliphatic rings. The van der Waals surface area contributed by atoms with Gasteiger partial charge < -0.3 is 10.5 Å². The van der Waals surface area contributed by atoms with Crippen LogP contribution in [0, 0.1) is 15.9 Å². The predicted octanol–water partition coefficient (Wildman–Crippen LogP) is 3.48. The van der Waals surface area contributed by atoms with E-state index in [9.17, 15) is 27.7 Å². The fourth-order valence-electron chi connectivity index (χ4n) is 2.72. The number of halogens is 5. The molecular weight excluding hydrogens is 339 g/mol. The summed E-state index contributed by atoms with van der Waals surface area (Å²) in [7, 11) is 0. The van der Waals surface area contributed by atoms with Gasteiger partial charge in [0.15, 0.2) is 11.6 Å². The molecule has 24 heavy (non-hydrogen) atoms. The lowest BCUT2D eigenvalue weighted by Crippen LogP contribution is -2.61. The molecule has 0 saturated heterocycles. The Morgan fingerprint density at radius 2 is 1.92 bits per heavy atom. The quantitative estimate of drug-likeness (QED) is 0.502. The van der Waals surface area contributed by atoms with Crippen molar-refractivity contribution >= 4 is 5.69 Å². The molecule has 0 bridgehead atoms. The fraction of sp³-hybridized carbons (Fsp3) is 0.429. The molecule has 132 valence electrons. The van der Waals surface area contributed by atoms with Crippen LogP contribution in [0.15, 0.2) is 30.2 Å². The van der Waals surface area contributed by atoms with E-state index < -0.39 is 51.2 Å². The molecule has 0 spiro atoms. The molecule has 0 aromatic heterocycles. The third-order valence-electron chi connectivity index (χ3n) is 4.21. The average molecular weight is 352 g/mol. The molecule has 0 unspecified atom stereocenters. The van der Waals surface area contributed by atoms with Crippen molar-refractivity contribution in [3.63, 3.8) is 0 Å². The lowest BCUT2D eigenvalue weighted by Gasteiger charge is -2.47. The van der Waals surface area contributed by atoms with Crippen LogP contribution in [0.1, 0.15) is 19.4 Å². The van der Waals surface area contributed by atoms with Gasteiger partial charge in [0.1, 0.15) is 5.82 Å². The minimum absolute atomic E-state index is 0.590. The van der Waals surface area contributed by atoms with Gasteiger partial charge in [0.25, 0.3) is 5.69 Å². The minimum atomic E-state index is -5.12. The Morgan fingerprint density at radius 3 is 2.42 bits per heavy atom. The normalized spacial score (nSPS) is 30.5. The number of benzene rings is 1. The van der Waals surface area contributed by atoms with Gasteiger partial charge in [-0.15, -0.1) is 0 Å². The van der Waals surface area contributed by atoms with Gasteiger partial charge in [0.05, 0.1) is 10.3 Å². The monoisotopic (exact) mass is 352 g/mol. The van der Waals surface area contributed by atoms with Gasteiger partial charge in [0.2, 0.25) is 6.10 Å². The second kappa shape index (κ2) is 5.32. The summed E-state index contributed by atoms with van der Waals surface area (Å²) in [5.41, 5.74) is -1.32. The number of ether oxygens (including phenoxy) is 1. The van der Waals surface area contributed by atoms with E-state index in [1.54, 1.807) is 0 Å². The van der Waals surface area contributed by atoms with Crippen molar-refractivity contribution in [3.8, 4) is 0 Å². The van der Waals surface area contributed by atoms with Crippen LogP contribution in [0.5, 0.6) is 0 Å².